The second kappa shape index (κ2) is 13.1. The van der Waals surface area contributed by atoms with Gasteiger partial charge < -0.3 is 13.6 Å². The Balaban J connectivity index is 1.10. The number of rotatable bonds is 5. The summed E-state index contributed by atoms with van der Waals surface area (Å²) in [6.07, 6.45) is 0. The molecule has 284 valence electrons. The summed E-state index contributed by atoms with van der Waals surface area (Å²) in [6.45, 7) is 0. The highest BCUT2D eigenvalue weighted by Crippen LogP contribution is 2.46. The van der Waals surface area contributed by atoms with E-state index in [0.717, 1.165) is 83.1 Å². The summed E-state index contributed by atoms with van der Waals surface area (Å²) in [4.78, 5) is 10.3. The van der Waals surface area contributed by atoms with E-state index >= 15 is 0 Å². The van der Waals surface area contributed by atoms with Gasteiger partial charge in [-0.1, -0.05) is 140 Å². The van der Waals surface area contributed by atoms with Crippen LogP contribution in [0.1, 0.15) is 0 Å². The number of benzene rings is 9. The number of hydrogen-bond acceptors (Lipinski definition) is 3. The number of para-hydroxylation sites is 3. The minimum Gasteiger partial charge on any atom is -0.456 e. The van der Waals surface area contributed by atoms with Gasteiger partial charge in [-0.3, -0.25) is 0 Å². The topological polar surface area (TPSA) is 48.8 Å². The predicted octanol–water partition coefficient (Wildman–Crippen LogP) is 14.7. The van der Waals surface area contributed by atoms with Crippen molar-refractivity contribution in [3.8, 4) is 45.1 Å². The van der Waals surface area contributed by atoms with Crippen molar-refractivity contribution in [2.45, 2.75) is 0 Å². The highest BCUT2D eigenvalue weighted by Gasteiger charge is 2.24. The smallest absolute Gasteiger partial charge is 0.160 e. The maximum atomic E-state index is 6.51. The molecule has 0 spiro atoms. The first-order valence-electron chi connectivity index (χ1n) is 20.7. The minimum absolute atomic E-state index is 0.694. The van der Waals surface area contributed by atoms with Gasteiger partial charge in [0.15, 0.2) is 5.82 Å². The maximum Gasteiger partial charge on any atom is 0.160 e. The van der Waals surface area contributed by atoms with Crippen molar-refractivity contribution in [3.63, 3.8) is 0 Å². The first-order chi connectivity index (χ1) is 30.3. The van der Waals surface area contributed by atoms with Crippen LogP contribution in [0.5, 0.6) is 0 Å². The van der Waals surface area contributed by atoms with Crippen molar-refractivity contribution in [1.29, 1.82) is 0 Å². The molecule has 0 N–H and O–H groups in total. The quantitative estimate of drug-likeness (QED) is 0.175. The average molecular weight is 779 g/mol. The number of aromatic nitrogens is 4. The van der Waals surface area contributed by atoms with Crippen LogP contribution in [0.2, 0.25) is 0 Å². The molecule has 4 heterocycles. The molecule has 13 rings (SSSR count). The van der Waals surface area contributed by atoms with Crippen LogP contribution < -0.4 is 0 Å². The Morgan fingerprint density at radius 2 is 0.902 bits per heavy atom. The Morgan fingerprint density at radius 3 is 1.67 bits per heavy atom. The summed E-state index contributed by atoms with van der Waals surface area (Å²) >= 11 is 0. The number of fused-ring (bicyclic) bond motifs is 12. The van der Waals surface area contributed by atoms with Crippen LogP contribution in [0.15, 0.2) is 211 Å². The lowest BCUT2D eigenvalue weighted by Crippen LogP contribution is -1.99. The van der Waals surface area contributed by atoms with Crippen LogP contribution in [-0.4, -0.2) is 19.1 Å². The van der Waals surface area contributed by atoms with Crippen LogP contribution in [-0.2, 0) is 0 Å². The van der Waals surface area contributed by atoms with E-state index in [-0.39, 0.29) is 0 Å². The summed E-state index contributed by atoms with van der Waals surface area (Å²) in [5.74, 6) is 0.694. The summed E-state index contributed by atoms with van der Waals surface area (Å²) in [6, 6.07) is 73.1. The van der Waals surface area contributed by atoms with Crippen LogP contribution in [0, 0.1) is 0 Å². The zero-order valence-corrected chi connectivity index (χ0v) is 32.8. The van der Waals surface area contributed by atoms with Gasteiger partial charge in [0, 0.05) is 60.2 Å². The molecule has 5 nitrogen and oxygen atoms in total. The van der Waals surface area contributed by atoms with E-state index in [1.807, 2.05) is 18.2 Å². The molecule has 13 aromatic rings. The second-order valence-electron chi connectivity index (χ2n) is 15.7. The van der Waals surface area contributed by atoms with Gasteiger partial charge in [0.05, 0.1) is 33.3 Å². The van der Waals surface area contributed by atoms with Gasteiger partial charge >= 0.3 is 0 Å². The third-order valence-electron chi connectivity index (χ3n) is 12.3. The fourth-order valence-corrected chi connectivity index (χ4v) is 9.60. The molecule has 0 saturated heterocycles. The first-order valence-corrected chi connectivity index (χ1v) is 20.7. The summed E-state index contributed by atoms with van der Waals surface area (Å²) in [7, 11) is 0. The predicted molar refractivity (Wildman–Crippen MR) is 252 cm³/mol. The molecule has 0 saturated carbocycles. The molecule has 0 aliphatic rings. The molecule has 0 atom stereocenters. The van der Waals surface area contributed by atoms with Crippen LogP contribution >= 0.6 is 0 Å². The fraction of sp³-hybridized carbons (Fsp3) is 0. The van der Waals surface area contributed by atoms with Crippen molar-refractivity contribution >= 4 is 76.5 Å². The fourth-order valence-electron chi connectivity index (χ4n) is 9.60. The highest BCUT2D eigenvalue weighted by atomic mass is 16.3. The zero-order chi connectivity index (χ0) is 40.0. The third kappa shape index (κ3) is 5.08. The van der Waals surface area contributed by atoms with Gasteiger partial charge in [-0.2, -0.15) is 0 Å². The standard InChI is InChI=1S/C56H34N4O/c1-3-13-35(14-4-1)36-23-27-39(28-24-36)59-47-21-11-8-17-41(47)42-31-32-45-51-48(33-34-50-52(51)44-19-9-12-22-49(44)61-50)60(55(45)54(42)59)40-29-25-38(26-30-40)56-57-46-20-10-7-18-43(46)53(58-56)37-15-5-2-6-16-37/h1-34H. The number of nitrogens with zero attached hydrogens (tertiary/aromatic N) is 4. The molecule has 61 heavy (non-hydrogen) atoms. The van der Waals surface area contributed by atoms with Crippen LogP contribution in [0.25, 0.3) is 122 Å². The molecule has 0 aliphatic carbocycles. The molecule has 4 aromatic heterocycles. The highest BCUT2D eigenvalue weighted by molar-refractivity contribution is 6.31. The molecular formula is C56H34N4O. The van der Waals surface area contributed by atoms with Gasteiger partial charge in [0.25, 0.3) is 0 Å². The van der Waals surface area contributed by atoms with Gasteiger partial charge in [-0.05, 0) is 77.9 Å². The van der Waals surface area contributed by atoms with Gasteiger partial charge in [-0.25, -0.2) is 9.97 Å². The Labute approximate surface area is 350 Å². The van der Waals surface area contributed by atoms with Crippen molar-refractivity contribution in [3.05, 3.63) is 206 Å². The largest absolute Gasteiger partial charge is 0.456 e. The van der Waals surface area contributed by atoms with E-state index in [2.05, 4.69) is 197 Å². The van der Waals surface area contributed by atoms with Crippen LogP contribution in [0.4, 0.5) is 0 Å². The van der Waals surface area contributed by atoms with Gasteiger partial charge in [0.1, 0.15) is 11.2 Å². The van der Waals surface area contributed by atoms with Crippen molar-refractivity contribution in [2.24, 2.45) is 0 Å². The van der Waals surface area contributed by atoms with Gasteiger partial charge in [-0.15, -0.1) is 0 Å². The first kappa shape index (κ1) is 33.7. The van der Waals surface area contributed by atoms with Gasteiger partial charge in [0.2, 0.25) is 0 Å². The summed E-state index contributed by atoms with van der Waals surface area (Å²) in [5, 5.41) is 8.01. The molecule has 0 unspecified atom stereocenters. The average Bonchev–Trinajstić information content (AvgIpc) is 3.99. The van der Waals surface area contributed by atoms with E-state index < -0.39 is 0 Å². The maximum absolute atomic E-state index is 6.51. The lowest BCUT2D eigenvalue weighted by Gasteiger charge is -2.14. The van der Waals surface area contributed by atoms with E-state index in [1.165, 1.54) is 32.7 Å². The molecule has 0 bridgehead atoms. The summed E-state index contributed by atoms with van der Waals surface area (Å²) < 4.78 is 11.4. The molecule has 5 heteroatoms. The van der Waals surface area contributed by atoms with Crippen molar-refractivity contribution in [2.75, 3.05) is 0 Å². The Bertz CT molecular complexity index is 3840. The second-order valence-corrected chi connectivity index (χ2v) is 15.7. The van der Waals surface area contributed by atoms with E-state index in [1.54, 1.807) is 0 Å². The van der Waals surface area contributed by atoms with E-state index in [4.69, 9.17) is 14.4 Å². The van der Waals surface area contributed by atoms with E-state index in [9.17, 15) is 0 Å². The molecule has 0 amide bonds. The molecular weight excluding hydrogens is 745 g/mol. The molecule has 0 aliphatic heterocycles. The molecule has 0 radical (unpaired) electrons. The zero-order valence-electron chi connectivity index (χ0n) is 32.8. The summed E-state index contributed by atoms with van der Waals surface area (Å²) in [5.41, 5.74) is 14.7. The SMILES string of the molecule is c1ccc(-c2ccc(-n3c4ccccc4c4ccc5c6c7c(ccc6n(-c6ccc(-c8nc(-c9ccccc9)c9ccccc9n8)cc6)c5c43)oc3ccccc37)cc2)cc1. The van der Waals surface area contributed by atoms with Crippen LogP contribution in [0.3, 0.4) is 0 Å². The number of furan rings is 1. The number of hydrogen-bond donors (Lipinski definition) is 0. The molecule has 0 fully saturated rings. The molecule has 9 aromatic carbocycles. The lowest BCUT2D eigenvalue weighted by atomic mass is 10.0. The lowest BCUT2D eigenvalue weighted by molar-refractivity contribution is 0.669. The minimum atomic E-state index is 0.694. The normalized spacial score (nSPS) is 11.9. The Kier molecular flexibility index (Phi) is 7.24. The van der Waals surface area contributed by atoms with E-state index in [0.29, 0.717) is 5.82 Å². The van der Waals surface area contributed by atoms with Crippen molar-refractivity contribution in [1.82, 2.24) is 19.1 Å². The van der Waals surface area contributed by atoms with Crippen molar-refractivity contribution < 1.29 is 4.42 Å². The Hall–Kier alpha value is -8.28. The Morgan fingerprint density at radius 1 is 0.328 bits per heavy atom. The monoisotopic (exact) mass is 778 g/mol. The third-order valence-corrected chi connectivity index (χ3v) is 12.3.